The average molecular weight is 374 g/mol. The number of hydrogen-bond donors (Lipinski definition) is 3. The molecule has 0 fully saturated rings. The summed E-state index contributed by atoms with van der Waals surface area (Å²) < 4.78 is 23.5. The average Bonchev–Trinajstić information content (AvgIpc) is 3.09. The van der Waals surface area contributed by atoms with E-state index in [2.05, 4.69) is 10.6 Å². The predicted octanol–water partition coefficient (Wildman–Crippen LogP) is 0.324. The van der Waals surface area contributed by atoms with Crippen molar-refractivity contribution in [2.24, 2.45) is 0 Å². The van der Waals surface area contributed by atoms with Crippen molar-refractivity contribution in [1.82, 2.24) is 5.32 Å². The van der Waals surface area contributed by atoms with Crippen LogP contribution >= 0.6 is 0 Å². The Morgan fingerprint density at radius 1 is 1.07 bits per heavy atom. The van der Waals surface area contributed by atoms with Crippen LogP contribution in [0, 0.1) is 5.82 Å². The van der Waals surface area contributed by atoms with Crippen molar-refractivity contribution in [3.8, 4) is 11.5 Å². The molecule has 1 heterocycles. The molecule has 0 aliphatic carbocycles. The summed E-state index contributed by atoms with van der Waals surface area (Å²) in [5.41, 5.74) is 1.50. The molecule has 0 radical (unpaired) electrons. The molecule has 1 aliphatic heterocycles. The smallest absolute Gasteiger partial charge is 0.275 e. The van der Waals surface area contributed by atoms with Crippen molar-refractivity contribution in [2.75, 3.05) is 32.2 Å². The number of halogens is 1. The largest absolute Gasteiger partial charge is 0.454 e. The van der Waals surface area contributed by atoms with Crippen molar-refractivity contribution in [1.29, 1.82) is 0 Å². The second kappa shape index (κ2) is 8.50. The minimum Gasteiger partial charge on any atom is -0.454 e. The first-order valence-electron chi connectivity index (χ1n) is 8.51. The van der Waals surface area contributed by atoms with Gasteiger partial charge in [-0.1, -0.05) is 0 Å². The Morgan fingerprint density at radius 3 is 2.59 bits per heavy atom. The minimum atomic E-state index is -0.380. The number of carbonyl (C=O) groups is 2. The number of anilines is 1. The number of hydrogen-bond acceptors (Lipinski definition) is 4. The number of ether oxygens (including phenoxy) is 2. The van der Waals surface area contributed by atoms with Crippen LogP contribution in [0.5, 0.6) is 11.5 Å². The minimum absolute atomic E-state index is 0.145. The summed E-state index contributed by atoms with van der Waals surface area (Å²) in [4.78, 5) is 24.8. The molecule has 27 heavy (non-hydrogen) atoms. The van der Waals surface area contributed by atoms with Crippen molar-refractivity contribution in [2.45, 2.75) is 6.54 Å². The van der Waals surface area contributed by atoms with Gasteiger partial charge in [0.25, 0.3) is 5.91 Å². The van der Waals surface area contributed by atoms with Gasteiger partial charge in [-0.25, -0.2) is 4.39 Å². The van der Waals surface area contributed by atoms with Crippen LogP contribution in [-0.2, 0) is 16.1 Å². The van der Waals surface area contributed by atoms with E-state index in [0.29, 0.717) is 18.0 Å². The van der Waals surface area contributed by atoms with E-state index in [1.165, 1.54) is 24.3 Å². The Bertz CT molecular complexity index is 826. The molecule has 1 unspecified atom stereocenters. The van der Waals surface area contributed by atoms with Gasteiger partial charge in [-0.3, -0.25) is 9.59 Å². The molecule has 0 spiro atoms. The number of benzene rings is 2. The van der Waals surface area contributed by atoms with Gasteiger partial charge in [0.05, 0.1) is 13.6 Å². The van der Waals surface area contributed by atoms with Gasteiger partial charge in [0.2, 0.25) is 12.7 Å². The van der Waals surface area contributed by atoms with Gasteiger partial charge in [-0.15, -0.1) is 0 Å². The normalized spacial score (nSPS) is 13.1. The Kier molecular flexibility index (Phi) is 5.87. The van der Waals surface area contributed by atoms with E-state index in [1.54, 1.807) is 0 Å². The van der Waals surface area contributed by atoms with Crippen molar-refractivity contribution in [3.05, 3.63) is 53.8 Å². The highest BCUT2D eigenvalue weighted by Gasteiger charge is 2.16. The number of amides is 2. The molecular formula is C19H21FN3O4+. The summed E-state index contributed by atoms with van der Waals surface area (Å²) in [6.07, 6.45) is 0. The van der Waals surface area contributed by atoms with Crippen molar-refractivity contribution in [3.63, 3.8) is 0 Å². The third-order valence-corrected chi connectivity index (χ3v) is 3.98. The fraction of sp³-hybridized carbons (Fsp3) is 0.263. The summed E-state index contributed by atoms with van der Waals surface area (Å²) in [5.74, 6) is 0.448. The monoisotopic (exact) mass is 374 g/mol. The summed E-state index contributed by atoms with van der Waals surface area (Å²) in [6, 6.07) is 11.1. The molecule has 8 heteroatoms. The second-order valence-corrected chi connectivity index (χ2v) is 6.33. The van der Waals surface area contributed by atoms with Crippen molar-refractivity contribution >= 4 is 17.5 Å². The maximum absolute atomic E-state index is 12.8. The van der Waals surface area contributed by atoms with Gasteiger partial charge in [0.15, 0.2) is 18.0 Å². The Labute approximate surface area is 156 Å². The number of fused-ring (bicyclic) bond motifs is 1. The molecule has 1 aliphatic rings. The van der Waals surface area contributed by atoms with Crippen LogP contribution < -0.4 is 25.0 Å². The van der Waals surface area contributed by atoms with E-state index in [9.17, 15) is 14.0 Å². The summed E-state index contributed by atoms with van der Waals surface area (Å²) in [5, 5.41) is 5.17. The van der Waals surface area contributed by atoms with Gasteiger partial charge in [0.1, 0.15) is 12.4 Å². The van der Waals surface area contributed by atoms with Gasteiger partial charge in [0, 0.05) is 11.3 Å². The first kappa shape index (κ1) is 18.7. The molecule has 0 saturated heterocycles. The SMILES string of the molecule is C[NH+](CC(=O)NCC(=O)Nc1ccc(F)cc1)Cc1ccc2c(c1)OCO2. The number of carbonyl (C=O) groups excluding carboxylic acids is 2. The van der Waals surface area contributed by atoms with Crippen molar-refractivity contribution < 1.29 is 28.4 Å². The van der Waals surface area contributed by atoms with Gasteiger partial charge in [-0.05, 0) is 42.5 Å². The van der Waals surface area contributed by atoms with E-state index in [-0.39, 0.29) is 37.5 Å². The zero-order chi connectivity index (χ0) is 19.2. The van der Waals surface area contributed by atoms with E-state index >= 15 is 0 Å². The molecule has 2 aromatic rings. The quantitative estimate of drug-likeness (QED) is 0.652. The van der Waals surface area contributed by atoms with E-state index in [1.807, 2.05) is 25.2 Å². The maximum atomic E-state index is 12.8. The lowest BCUT2D eigenvalue weighted by molar-refractivity contribution is -0.885. The maximum Gasteiger partial charge on any atom is 0.275 e. The molecule has 0 aromatic heterocycles. The third-order valence-electron chi connectivity index (χ3n) is 3.98. The first-order valence-corrected chi connectivity index (χ1v) is 8.51. The lowest BCUT2D eigenvalue weighted by atomic mass is 10.2. The highest BCUT2D eigenvalue weighted by atomic mass is 19.1. The molecular weight excluding hydrogens is 353 g/mol. The Balaban J connectivity index is 1.40. The topological polar surface area (TPSA) is 81.1 Å². The van der Waals surface area contributed by atoms with Crippen LogP contribution in [0.4, 0.5) is 10.1 Å². The molecule has 142 valence electrons. The third kappa shape index (κ3) is 5.42. The van der Waals surface area contributed by atoms with E-state index in [4.69, 9.17) is 9.47 Å². The van der Waals surface area contributed by atoms with Crippen LogP contribution in [0.15, 0.2) is 42.5 Å². The molecule has 2 amide bonds. The highest BCUT2D eigenvalue weighted by Crippen LogP contribution is 2.32. The van der Waals surface area contributed by atoms with Crippen LogP contribution in [0.2, 0.25) is 0 Å². The summed E-state index contributed by atoms with van der Waals surface area (Å²) in [7, 11) is 1.89. The number of rotatable bonds is 7. The first-order chi connectivity index (χ1) is 13.0. The van der Waals surface area contributed by atoms with Crippen LogP contribution in [0.25, 0.3) is 0 Å². The van der Waals surface area contributed by atoms with Gasteiger partial charge in [-0.2, -0.15) is 0 Å². The Morgan fingerprint density at radius 2 is 1.81 bits per heavy atom. The number of nitrogens with one attached hydrogen (secondary N) is 3. The summed E-state index contributed by atoms with van der Waals surface area (Å²) in [6.45, 7) is 0.932. The lowest BCUT2D eigenvalue weighted by Gasteiger charge is -2.14. The zero-order valence-electron chi connectivity index (χ0n) is 14.9. The summed E-state index contributed by atoms with van der Waals surface area (Å²) >= 11 is 0. The predicted molar refractivity (Wildman–Crippen MR) is 96.1 cm³/mol. The lowest BCUT2D eigenvalue weighted by Crippen LogP contribution is -3.08. The van der Waals surface area contributed by atoms with Crippen LogP contribution in [0.1, 0.15) is 5.56 Å². The van der Waals surface area contributed by atoms with Crippen LogP contribution in [-0.4, -0.2) is 38.7 Å². The van der Waals surface area contributed by atoms with Gasteiger partial charge >= 0.3 is 0 Å². The number of likely N-dealkylation sites (N-methyl/N-ethyl adjacent to an activating group) is 1. The van der Waals surface area contributed by atoms with E-state index < -0.39 is 0 Å². The zero-order valence-corrected chi connectivity index (χ0v) is 14.9. The fourth-order valence-corrected chi connectivity index (χ4v) is 2.72. The molecule has 2 aromatic carbocycles. The molecule has 3 N–H and O–H groups in total. The Hall–Kier alpha value is -3.13. The highest BCUT2D eigenvalue weighted by molar-refractivity contribution is 5.94. The second-order valence-electron chi connectivity index (χ2n) is 6.33. The molecule has 0 bridgehead atoms. The molecule has 3 rings (SSSR count). The molecule has 7 nitrogen and oxygen atoms in total. The van der Waals surface area contributed by atoms with Gasteiger partial charge < -0.3 is 25.0 Å². The standard InChI is InChI=1S/C19H20FN3O4/c1-23(10-13-2-7-16-17(8-13)27-12-26-16)11-19(25)21-9-18(24)22-15-5-3-14(20)4-6-15/h2-8H,9-12H2,1H3,(H,21,25)(H,22,24)/p+1. The molecule has 1 atom stereocenters. The fourth-order valence-electron chi connectivity index (χ4n) is 2.72. The van der Waals surface area contributed by atoms with Crippen LogP contribution in [0.3, 0.4) is 0 Å². The molecule has 0 saturated carbocycles. The van der Waals surface area contributed by atoms with E-state index in [0.717, 1.165) is 16.2 Å². The number of quaternary nitrogens is 1.